The molecule has 1 N–H and O–H groups in total. The lowest BCUT2D eigenvalue weighted by atomic mass is 10.1. The van der Waals surface area contributed by atoms with Gasteiger partial charge in [0.1, 0.15) is 6.42 Å². The van der Waals surface area contributed by atoms with Gasteiger partial charge < -0.3 is 5.32 Å². The molecule has 0 aromatic heterocycles. The average molecular weight is 211 g/mol. The zero-order valence-electron chi connectivity index (χ0n) is 7.94. The van der Waals surface area contributed by atoms with Crippen molar-refractivity contribution in [3.63, 3.8) is 0 Å². The van der Waals surface area contributed by atoms with Crippen molar-refractivity contribution in [2.24, 2.45) is 0 Å². The second-order valence-electron chi connectivity index (χ2n) is 2.90. The molecule has 0 bridgehead atoms. The maximum absolute atomic E-state index is 11.7. The molecule has 0 rings (SSSR count). The van der Waals surface area contributed by atoms with Crippen molar-refractivity contribution < 1.29 is 22.8 Å². The molecule has 0 radical (unpaired) electrons. The van der Waals surface area contributed by atoms with Crippen molar-refractivity contribution >= 4 is 11.7 Å². The number of alkyl halides is 3. The van der Waals surface area contributed by atoms with Crippen LogP contribution < -0.4 is 5.32 Å². The van der Waals surface area contributed by atoms with Gasteiger partial charge in [0, 0.05) is 6.42 Å². The molecule has 0 saturated carbocycles. The molecule has 0 aromatic rings. The first kappa shape index (κ1) is 12.9. The SMILES string of the molecule is CCC(=O)C(C)NC(=O)CC(F)(F)F. The Balaban J connectivity index is 4.01. The maximum Gasteiger partial charge on any atom is 0.397 e. The first-order valence-electron chi connectivity index (χ1n) is 4.15. The number of ketones is 1. The van der Waals surface area contributed by atoms with E-state index in [0.717, 1.165) is 0 Å². The van der Waals surface area contributed by atoms with Crippen molar-refractivity contribution in [1.82, 2.24) is 5.32 Å². The van der Waals surface area contributed by atoms with Crippen LogP contribution in [0.15, 0.2) is 0 Å². The van der Waals surface area contributed by atoms with Gasteiger partial charge in [-0.3, -0.25) is 9.59 Å². The fourth-order valence-corrected chi connectivity index (χ4v) is 0.861. The Kier molecular flexibility index (Phi) is 4.59. The largest absolute Gasteiger partial charge is 0.397 e. The summed E-state index contributed by atoms with van der Waals surface area (Å²) in [5, 5.41) is 1.98. The first-order valence-corrected chi connectivity index (χ1v) is 4.15. The second-order valence-corrected chi connectivity index (χ2v) is 2.90. The molecule has 1 atom stereocenters. The molecule has 6 heteroatoms. The van der Waals surface area contributed by atoms with Gasteiger partial charge in [-0.05, 0) is 6.92 Å². The van der Waals surface area contributed by atoms with E-state index in [1.165, 1.54) is 6.92 Å². The van der Waals surface area contributed by atoms with Gasteiger partial charge in [-0.15, -0.1) is 0 Å². The number of hydrogen-bond donors (Lipinski definition) is 1. The van der Waals surface area contributed by atoms with E-state index in [1.807, 2.05) is 5.32 Å². The van der Waals surface area contributed by atoms with Gasteiger partial charge in [0.2, 0.25) is 5.91 Å². The van der Waals surface area contributed by atoms with Crippen LogP contribution in [0.2, 0.25) is 0 Å². The van der Waals surface area contributed by atoms with Crippen molar-refractivity contribution in [2.45, 2.75) is 38.9 Å². The van der Waals surface area contributed by atoms with E-state index in [-0.39, 0.29) is 12.2 Å². The average Bonchev–Trinajstić information content (AvgIpc) is 1.99. The van der Waals surface area contributed by atoms with Gasteiger partial charge in [-0.2, -0.15) is 13.2 Å². The standard InChI is InChI=1S/C8H12F3NO2/c1-3-6(13)5(2)12-7(14)4-8(9,10)11/h5H,3-4H2,1-2H3,(H,12,14). The number of nitrogens with one attached hydrogen (secondary N) is 1. The molecule has 1 amide bonds. The number of carbonyl (C=O) groups is 2. The summed E-state index contributed by atoms with van der Waals surface area (Å²) >= 11 is 0. The van der Waals surface area contributed by atoms with E-state index in [0.29, 0.717) is 0 Å². The van der Waals surface area contributed by atoms with Crippen LogP contribution in [0.1, 0.15) is 26.7 Å². The molecule has 1 unspecified atom stereocenters. The van der Waals surface area contributed by atoms with E-state index < -0.39 is 24.5 Å². The smallest absolute Gasteiger partial charge is 0.346 e. The topological polar surface area (TPSA) is 46.2 Å². The summed E-state index contributed by atoms with van der Waals surface area (Å²) in [6, 6.07) is -0.852. The predicted octanol–water partition coefficient (Wildman–Crippen LogP) is 1.42. The Hall–Kier alpha value is -1.07. The number of carbonyl (C=O) groups excluding carboxylic acids is 2. The van der Waals surface area contributed by atoms with Crippen LogP contribution in [-0.2, 0) is 9.59 Å². The highest BCUT2D eigenvalue weighted by molar-refractivity contribution is 5.88. The van der Waals surface area contributed by atoms with Gasteiger partial charge in [0.05, 0.1) is 6.04 Å². The molecule has 0 spiro atoms. The molecule has 0 aliphatic heterocycles. The number of rotatable bonds is 4. The van der Waals surface area contributed by atoms with Gasteiger partial charge in [-0.1, -0.05) is 6.92 Å². The van der Waals surface area contributed by atoms with E-state index in [2.05, 4.69) is 0 Å². The number of amides is 1. The van der Waals surface area contributed by atoms with Crippen molar-refractivity contribution in [3.05, 3.63) is 0 Å². The van der Waals surface area contributed by atoms with Crippen molar-refractivity contribution in [3.8, 4) is 0 Å². The van der Waals surface area contributed by atoms with Crippen molar-refractivity contribution in [2.75, 3.05) is 0 Å². The van der Waals surface area contributed by atoms with Gasteiger partial charge in [0.15, 0.2) is 5.78 Å². The van der Waals surface area contributed by atoms with Crippen LogP contribution in [0.3, 0.4) is 0 Å². The number of hydrogen-bond acceptors (Lipinski definition) is 2. The summed E-state index contributed by atoms with van der Waals surface area (Å²) in [4.78, 5) is 21.6. The molecule has 0 aromatic carbocycles. The van der Waals surface area contributed by atoms with Gasteiger partial charge >= 0.3 is 6.18 Å². The molecule has 0 aliphatic carbocycles. The molecule has 0 fully saturated rings. The summed E-state index contributed by atoms with van der Waals surface area (Å²) in [5.74, 6) is -1.47. The van der Waals surface area contributed by atoms with Crippen LogP contribution in [0.5, 0.6) is 0 Å². The van der Waals surface area contributed by atoms with E-state index in [9.17, 15) is 22.8 Å². The summed E-state index contributed by atoms with van der Waals surface area (Å²) in [6.07, 6.45) is -5.89. The lowest BCUT2D eigenvalue weighted by Gasteiger charge is -2.12. The molecule has 82 valence electrons. The highest BCUT2D eigenvalue weighted by Crippen LogP contribution is 2.18. The fraction of sp³-hybridized carbons (Fsp3) is 0.750. The number of halogens is 3. The van der Waals surface area contributed by atoms with E-state index in [4.69, 9.17) is 0 Å². The highest BCUT2D eigenvalue weighted by Gasteiger charge is 2.31. The summed E-state index contributed by atoms with van der Waals surface area (Å²) < 4.78 is 35.1. The zero-order chi connectivity index (χ0) is 11.4. The quantitative estimate of drug-likeness (QED) is 0.764. The lowest BCUT2D eigenvalue weighted by molar-refractivity contribution is -0.154. The summed E-state index contributed by atoms with van der Waals surface area (Å²) in [6.45, 7) is 2.94. The van der Waals surface area contributed by atoms with Gasteiger partial charge in [0.25, 0.3) is 0 Å². The lowest BCUT2D eigenvalue weighted by Crippen LogP contribution is -2.39. The monoisotopic (exact) mass is 211 g/mol. The fourth-order valence-electron chi connectivity index (χ4n) is 0.861. The van der Waals surface area contributed by atoms with E-state index >= 15 is 0 Å². The maximum atomic E-state index is 11.7. The molecule has 0 saturated heterocycles. The third-order valence-electron chi connectivity index (χ3n) is 1.57. The molecule has 14 heavy (non-hydrogen) atoms. The molecular weight excluding hydrogens is 199 g/mol. The third-order valence-corrected chi connectivity index (χ3v) is 1.57. The Bertz CT molecular complexity index is 225. The predicted molar refractivity (Wildman–Crippen MR) is 43.6 cm³/mol. The van der Waals surface area contributed by atoms with Crippen LogP contribution in [0.4, 0.5) is 13.2 Å². The van der Waals surface area contributed by atoms with E-state index in [1.54, 1.807) is 6.92 Å². The Labute approximate surface area is 79.7 Å². The highest BCUT2D eigenvalue weighted by atomic mass is 19.4. The zero-order valence-corrected chi connectivity index (χ0v) is 7.94. The van der Waals surface area contributed by atoms with Gasteiger partial charge in [-0.25, -0.2) is 0 Å². The second kappa shape index (κ2) is 4.97. The van der Waals surface area contributed by atoms with Crippen molar-refractivity contribution in [1.29, 1.82) is 0 Å². The molecular formula is C8H12F3NO2. The summed E-state index contributed by atoms with van der Waals surface area (Å²) in [7, 11) is 0. The third kappa shape index (κ3) is 5.55. The Morgan fingerprint density at radius 1 is 1.36 bits per heavy atom. The molecule has 0 heterocycles. The molecule has 3 nitrogen and oxygen atoms in total. The van der Waals surface area contributed by atoms with Crippen LogP contribution in [0, 0.1) is 0 Å². The Morgan fingerprint density at radius 3 is 2.21 bits per heavy atom. The first-order chi connectivity index (χ1) is 6.26. The number of Topliss-reactive ketones (excluding diaryl/α,β-unsaturated/α-hetero) is 1. The van der Waals surface area contributed by atoms with Crippen LogP contribution in [-0.4, -0.2) is 23.9 Å². The minimum atomic E-state index is -4.53. The van der Waals surface area contributed by atoms with Crippen LogP contribution >= 0.6 is 0 Å². The molecule has 0 aliphatic rings. The Morgan fingerprint density at radius 2 is 1.86 bits per heavy atom. The van der Waals surface area contributed by atoms with Crippen LogP contribution in [0.25, 0.3) is 0 Å². The minimum Gasteiger partial charge on any atom is -0.346 e. The summed E-state index contributed by atoms with van der Waals surface area (Å²) in [5.41, 5.74) is 0. The normalized spacial score (nSPS) is 13.5. The minimum absolute atomic E-state index is 0.188.